The standard InChI is InChI=1S/C12H18N2O2/c1-3-4-9(2)14-12(15)16-11-7-5-10(13)6-8-11/h5-9H,3-4,13H2,1-2H3,(H,14,15). The fraction of sp³-hybridized carbons (Fsp3) is 0.417. The highest BCUT2D eigenvalue weighted by molar-refractivity contribution is 5.70. The number of carbonyl (C=O) groups excluding carboxylic acids is 1. The molecule has 0 radical (unpaired) electrons. The number of anilines is 1. The summed E-state index contributed by atoms with van der Waals surface area (Å²) in [5, 5.41) is 2.75. The van der Waals surface area contributed by atoms with Crippen LogP contribution in [0, 0.1) is 0 Å². The molecule has 0 bridgehead atoms. The third-order valence-electron chi connectivity index (χ3n) is 2.18. The molecular formula is C12H18N2O2. The second kappa shape index (κ2) is 6.00. The van der Waals surface area contributed by atoms with Crippen LogP contribution in [0.1, 0.15) is 26.7 Å². The minimum absolute atomic E-state index is 0.131. The number of hydrogen-bond acceptors (Lipinski definition) is 3. The number of carbonyl (C=O) groups is 1. The molecule has 1 rings (SSSR count). The topological polar surface area (TPSA) is 64.3 Å². The van der Waals surface area contributed by atoms with Crippen LogP contribution in [0.2, 0.25) is 0 Å². The molecule has 0 spiro atoms. The van der Waals surface area contributed by atoms with Gasteiger partial charge in [-0.05, 0) is 37.6 Å². The van der Waals surface area contributed by atoms with E-state index in [9.17, 15) is 4.79 Å². The molecule has 4 nitrogen and oxygen atoms in total. The summed E-state index contributed by atoms with van der Waals surface area (Å²) in [5.41, 5.74) is 6.17. The number of nitrogens with two attached hydrogens (primary N) is 1. The largest absolute Gasteiger partial charge is 0.412 e. The molecule has 1 aromatic carbocycles. The van der Waals surface area contributed by atoms with E-state index in [0.29, 0.717) is 11.4 Å². The highest BCUT2D eigenvalue weighted by atomic mass is 16.6. The second-order valence-electron chi connectivity index (χ2n) is 3.79. The van der Waals surface area contributed by atoms with E-state index < -0.39 is 6.09 Å². The second-order valence-corrected chi connectivity index (χ2v) is 3.79. The maximum atomic E-state index is 11.4. The van der Waals surface area contributed by atoms with Crippen LogP contribution >= 0.6 is 0 Å². The van der Waals surface area contributed by atoms with Gasteiger partial charge in [0, 0.05) is 11.7 Å². The highest BCUT2D eigenvalue weighted by Gasteiger charge is 2.07. The van der Waals surface area contributed by atoms with Crippen LogP contribution in [0.3, 0.4) is 0 Å². The number of benzene rings is 1. The summed E-state index contributed by atoms with van der Waals surface area (Å²) < 4.78 is 5.08. The quantitative estimate of drug-likeness (QED) is 0.769. The molecule has 0 aliphatic carbocycles. The lowest BCUT2D eigenvalue weighted by Gasteiger charge is -2.12. The normalized spacial score (nSPS) is 11.9. The Bertz CT molecular complexity index is 335. The van der Waals surface area contributed by atoms with Gasteiger partial charge in [0.2, 0.25) is 0 Å². The lowest BCUT2D eigenvalue weighted by molar-refractivity contribution is 0.196. The first-order valence-electron chi connectivity index (χ1n) is 5.45. The van der Waals surface area contributed by atoms with Crippen molar-refractivity contribution in [2.24, 2.45) is 0 Å². The van der Waals surface area contributed by atoms with Crippen molar-refractivity contribution in [3.63, 3.8) is 0 Å². The van der Waals surface area contributed by atoms with Crippen LogP contribution < -0.4 is 15.8 Å². The zero-order chi connectivity index (χ0) is 12.0. The van der Waals surface area contributed by atoms with Crippen LogP contribution in [-0.2, 0) is 0 Å². The van der Waals surface area contributed by atoms with Gasteiger partial charge in [0.1, 0.15) is 5.75 Å². The number of nitrogen functional groups attached to an aromatic ring is 1. The Morgan fingerprint density at radius 3 is 2.62 bits per heavy atom. The Labute approximate surface area is 95.8 Å². The molecule has 1 unspecified atom stereocenters. The van der Waals surface area contributed by atoms with E-state index in [1.165, 1.54) is 0 Å². The first kappa shape index (κ1) is 12.4. The predicted molar refractivity (Wildman–Crippen MR) is 64.4 cm³/mol. The monoisotopic (exact) mass is 222 g/mol. The van der Waals surface area contributed by atoms with Crippen molar-refractivity contribution >= 4 is 11.8 Å². The smallest absolute Gasteiger partial charge is 0.410 e. The van der Waals surface area contributed by atoms with E-state index in [1.54, 1.807) is 24.3 Å². The number of ether oxygens (including phenoxy) is 1. The number of amides is 1. The molecular weight excluding hydrogens is 204 g/mol. The van der Waals surface area contributed by atoms with Crippen LogP contribution in [0.15, 0.2) is 24.3 Å². The third kappa shape index (κ3) is 4.21. The minimum atomic E-state index is -0.425. The molecule has 0 aromatic heterocycles. The van der Waals surface area contributed by atoms with E-state index in [-0.39, 0.29) is 6.04 Å². The van der Waals surface area contributed by atoms with Crippen molar-refractivity contribution < 1.29 is 9.53 Å². The van der Waals surface area contributed by atoms with Crippen LogP contribution in [0.5, 0.6) is 5.75 Å². The van der Waals surface area contributed by atoms with E-state index in [0.717, 1.165) is 12.8 Å². The van der Waals surface area contributed by atoms with Gasteiger partial charge in [-0.3, -0.25) is 0 Å². The zero-order valence-corrected chi connectivity index (χ0v) is 9.69. The van der Waals surface area contributed by atoms with E-state index in [1.807, 2.05) is 6.92 Å². The predicted octanol–water partition coefficient (Wildman–Crippen LogP) is 2.55. The summed E-state index contributed by atoms with van der Waals surface area (Å²) in [7, 11) is 0. The van der Waals surface area contributed by atoms with Crippen molar-refractivity contribution in [3.05, 3.63) is 24.3 Å². The molecule has 0 heterocycles. The maximum absolute atomic E-state index is 11.4. The molecule has 4 heteroatoms. The Hall–Kier alpha value is -1.71. The average molecular weight is 222 g/mol. The Balaban J connectivity index is 2.42. The van der Waals surface area contributed by atoms with Crippen LogP contribution in [0.25, 0.3) is 0 Å². The Morgan fingerprint density at radius 1 is 1.44 bits per heavy atom. The summed E-state index contributed by atoms with van der Waals surface area (Å²) in [4.78, 5) is 11.4. The first-order valence-corrected chi connectivity index (χ1v) is 5.45. The molecule has 1 aromatic rings. The van der Waals surface area contributed by atoms with Gasteiger partial charge < -0.3 is 15.8 Å². The van der Waals surface area contributed by atoms with Gasteiger partial charge in [-0.15, -0.1) is 0 Å². The first-order chi connectivity index (χ1) is 7.61. The lowest BCUT2D eigenvalue weighted by Crippen LogP contribution is -2.34. The Morgan fingerprint density at radius 2 is 2.06 bits per heavy atom. The van der Waals surface area contributed by atoms with Gasteiger partial charge in [0.15, 0.2) is 0 Å². The fourth-order valence-corrected chi connectivity index (χ4v) is 1.38. The third-order valence-corrected chi connectivity index (χ3v) is 2.18. The summed E-state index contributed by atoms with van der Waals surface area (Å²) in [6.07, 6.45) is 1.55. The highest BCUT2D eigenvalue weighted by Crippen LogP contribution is 2.13. The van der Waals surface area contributed by atoms with E-state index >= 15 is 0 Å². The summed E-state index contributed by atoms with van der Waals surface area (Å²) in [5.74, 6) is 0.496. The van der Waals surface area contributed by atoms with Crippen molar-refractivity contribution in [1.29, 1.82) is 0 Å². The Kier molecular flexibility index (Phi) is 4.64. The van der Waals surface area contributed by atoms with Gasteiger partial charge in [0.25, 0.3) is 0 Å². The van der Waals surface area contributed by atoms with Crippen molar-refractivity contribution in [3.8, 4) is 5.75 Å². The molecule has 0 fully saturated rings. The molecule has 16 heavy (non-hydrogen) atoms. The van der Waals surface area contributed by atoms with Crippen molar-refractivity contribution in [1.82, 2.24) is 5.32 Å². The molecule has 0 saturated carbocycles. The zero-order valence-electron chi connectivity index (χ0n) is 9.69. The number of rotatable bonds is 4. The molecule has 1 amide bonds. The summed E-state index contributed by atoms with van der Waals surface area (Å²) in [6, 6.07) is 6.85. The van der Waals surface area contributed by atoms with Gasteiger partial charge >= 0.3 is 6.09 Å². The molecule has 0 aliphatic heterocycles. The maximum Gasteiger partial charge on any atom is 0.412 e. The summed E-state index contributed by atoms with van der Waals surface area (Å²) in [6.45, 7) is 4.03. The minimum Gasteiger partial charge on any atom is -0.410 e. The number of hydrogen-bond donors (Lipinski definition) is 2. The SMILES string of the molecule is CCCC(C)NC(=O)Oc1ccc(N)cc1. The lowest BCUT2D eigenvalue weighted by atomic mass is 10.2. The van der Waals surface area contributed by atoms with E-state index in [2.05, 4.69) is 12.2 Å². The number of nitrogens with one attached hydrogen (secondary N) is 1. The molecule has 0 saturated heterocycles. The van der Waals surface area contributed by atoms with Crippen molar-refractivity contribution in [2.75, 3.05) is 5.73 Å². The molecule has 0 aliphatic rings. The van der Waals surface area contributed by atoms with Gasteiger partial charge in [0.05, 0.1) is 0 Å². The molecule has 3 N–H and O–H groups in total. The van der Waals surface area contributed by atoms with Crippen LogP contribution in [0.4, 0.5) is 10.5 Å². The van der Waals surface area contributed by atoms with Crippen molar-refractivity contribution in [2.45, 2.75) is 32.7 Å². The molecule has 88 valence electrons. The van der Waals surface area contributed by atoms with E-state index in [4.69, 9.17) is 10.5 Å². The van der Waals surface area contributed by atoms with Crippen LogP contribution in [-0.4, -0.2) is 12.1 Å². The summed E-state index contributed by atoms with van der Waals surface area (Å²) >= 11 is 0. The molecule has 1 atom stereocenters. The van der Waals surface area contributed by atoms with Gasteiger partial charge in [-0.25, -0.2) is 4.79 Å². The van der Waals surface area contributed by atoms with Gasteiger partial charge in [-0.2, -0.15) is 0 Å². The average Bonchev–Trinajstić information content (AvgIpc) is 2.21. The fourth-order valence-electron chi connectivity index (χ4n) is 1.38. The van der Waals surface area contributed by atoms with Gasteiger partial charge in [-0.1, -0.05) is 13.3 Å².